The highest BCUT2D eigenvalue weighted by atomic mass is 79.9. The Kier molecular flexibility index (Phi) is 4.01. The van der Waals surface area contributed by atoms with Crippen LogP contribution in [0.15, 0.2) is 22.7 Å². The minimum Gasteiger partial charge on any atom is -0.274 e. The second-order valence-electron chi connectivity index (χ2n) is 5.14. The van der Waals surface area contributed by atoms with Crippen LogP contribution in [0.1, 0.15) is 24.5 Å². The van der Waals surface area contributed by atoms with Crippen LogP contribution in [0.2, 0.25) is 0 Å². The number of hydrogen-bond donors (Lipinski definition) is 1. The van der Waals surface area contributed by atoms with Crippen molar-refractivity contribution in [3.63, 3.8) is 0 Å². The Morgan fingerprint density at radius 1 is 1.47 bits per heavy atom. The molecule has 0 spiro atoms. The summed E-state index contributed by atoms with van der Waals surface area (Å²) in [4.78, 5) is 11.7. The number of sulfonamides is 1. The van der Waals surface area contributed by atoms with Crippen LogP contribution in [0.4, 0.5) is 0 Å². The van der Waals surface area contributed by atoms with E-state index in [2.05, 4.69) is 20.7 Å². The van der Waals surface area contributed by atoms with Crippen LogP contribution in [-0.2, 0) is 20.6 Å². The molecule has 1 saturated carbocycles. The normalized spacial score (nSPS) is 22.1. The Morgan fingerprint density at radius 2 is 2.11 bits per heavy atom. The van der Waals surface area contributed by atoms with Gasteiger partial charge in [0.25, 0.3) is 0 Å². The molecule has 0 aromatic heterocycles. The van der Waals surface area contributed by atoms with Gasteiger partial charge in [0.15, 0.2) is 0 Å². The zero-order valence-corrected chi connectivity index (χ0v) is 13.2. The Morgan fingerprint density at radius 3 is 2.63 bits per heavy atom. The van der Waals surface area contributed by atoms with Crippen molar-refractivity contribution in [1.29, 1.82) is 0 Å². The van der Waals surface area contributed by atoms with Crippen LogP contribution >= 0.6 is 15.9 Å². The number of halogens is 1. The highest BCUT2D eigenvalue weighted by Gasteiger charge is 2.40. The Bertz CT molecular complexity index is 612. The maximum atomic E-state index is 11.9. The first kappa shape index (κ1) is 14.5. The molecule has 4 nitrogen and oxygen atoms in total. The summed E-state index contributed by atoms with van der Waals surface area (Å²) in [6.07, 6.45) is 0.773. The molecule has 0 heterocycles. The van der Waals surface area contributed by atoms with Gasteiger partial charge in [-0.3, -0.25) is 9.52 Å². The van der Waals surface area contributed by atoms with Crippen LogP contribution in [-0.4, -0.2) is 14.3 Å². The van der Waals surface area contributed by atoms with Crippen LogP contribution in [0.5, 0.6) is 0 Å². The van der Waals surface area contributed by atoms with E-state index in [0.29, 0.717) is 11.5 Å². The molecule has 2 atom stereocenters. The number of aryl methyl sites for hydroxylation is 1. The van der Waals surface area contributed by atoms with E-state index < -0.39 is 10.0 Å². The molecule has 1 N–H and O–H groups in total. The SMILES string of the molecule is Cc1ccc(CS(=O)(=O)NC(=O)[C@@H]2C[C@@H]2C)c(Br)c1. The smallest absolute Gasteiger partial charge is 0.239 e. The molecule has 1 aliphatic carbocycles. The Balaban J connectivity index is 2.06. The fourth-order valence-electron chi connectivity index (χ4n) is 1.93. The summed E-state index contributed by atoms with van der Waals surface area (Å²) in [5, 5.41) is 0. The maximum absolute atomic E-state index is 11.9. The van der Waals surface area contributed by atoms with Gasteiger partial charge in [0.05, 0.1) is 5.75 Å². The van der Waals surface area contributed by atoms with Gasteiger partial charge < -0.3 is 0 Å². The van der Waals surface area contributed by atoms with Gasteiger partial charge in [-0.25, -0.2) is 8.42 Å². The van der Waals surface area contributed by atoms with Gasteiger partial charge in [0, 0.05) is 10.4 Å². The van der Waals surface area contributed by atoms with Crippen molar-refractivity contribution in [2.75, 3.05) is 0 Å². The quantitative estimate of drug-likeness (QED) is 0.910. The lowest BCUT2D eigenvalue weighted by atomic mass is 10.2. The lowest BCUT2D eigenvalue weighted by Gasteiger charge is -2.08. The van der Waals surface area contributed by atoms with Crippen LogP contribution in [0.25, 0.3) is 0 Å². The van der Waals surface area contributed by atoms with Crippen LogP contribution in [0, 0.1) is 18.8 Å². The molecule has 1 amide bonds. The van der Waals surface area contributed by atoms with E-state index in [1.165, 1.54) is 0 Å². The van der Waals surface area contributed by atoms with Gasteiger partial charge in [-0.2, -0.15) is 0 Å². The molecule has 1 aromatic carbocycles. The van der Waals surface area contributed by atoms with E-state index in [1.54, 1.807) is 6.07 Å². The molecule has 0 bridgehead atoms. The van der Waals surface area contributed by atoms with Gasteiger partial charge in [-0.05, 0) is 36.5 Å². The molecule has 0 unspecified atom stereocenters. The largest absolute Gasteiger partial charge is 0.274 e. The first-order valence-corrected chi connectivity index (χ1v) is 8.52. The molecule has 0 saturated heterocycles. The van der Waals surface area contributed by atoms with E-state index in [0.717, 1.165) is 16.5 Å². The fourth-order valence-corrected chi connectivity index (χ4v) is 3.94. The first-order valence-electron chi connectivity index (χ1n) is 6.08. The highest BCUT2D eigenvalue weighted by Crippen LogP contribution is 2.37. The number of rotatable bonds is 4. The van der Waals surface area contributed by atoms with E-state index in [1.807, 2.05) is 26.0 Å². The molecule has 1 aromatic rings. The van der Waals surface area contributed by atoms with Crippen LogP contribution in [0.3, 0.4) is 0 Å². The van der Waals surface area contributed by atoms with Gasteiger partial charge >= 0.3 is 0 Å². The third kappa shape index (κ3) is 3.79. The van der Waals surface area contributed by atoms with Crippen molar-refractivity contribution in [2.45, 2.75) is 26.0 Å². The first-order chi connectivity index (χ1) is 8.78. The number of carbonyl (C=O) groups is 1. The number of hydrogen-bond acceptors (Lipinski definition) is 3. The lowest BCUT2D eigenvalue weighted by Crippen LogP contribution is -2.33. The summed E-state index contributed by atoms with van der Waals surface area (Å²) in [5.74, 6) is -0.422. The average Bonchev–Trinajstić information content (AvgIpc) is 2.99. The second-order valence-corrected chi connectivity index (χ2v) is 7.72. The molecule has 19 heavy (non-hydrogen) atoms. The molecule has 1 fully saturated rings. The topological polar surface area (TPSA) is 63.2 Å². The summed E-state index contributed by atoms with van der Waals surface area (Å²) in [5.41, 5.74) is 1.69. The second kappa shape index (κ2) is 5.25. The minimum atomic E-state index is -3.63. The summed E-state index contributed by atoms with van der Waals surface area (Å²) < 4.78 is 26.8. The minimum absolute atomic E-state index is 0.142. The molecule has 104 valence electrons. The lowest BCUT2D eigenvalue weighted by molar-refractivity contribution is -0.120. The van der Waals surface area contributed by atoms with Crippen molar-refractivity contribution in [2.24, 2.45) is 11.8 Å². The molecular formula is C13H16BrNO3S. The van der Waals surface area contributed by atoms with E-state index in [-0.39, 0.29) is 17.6 Å². The number of benzene rings is 1. The molecule has 2 rings (SSSR count). The third-order valence-electron chi connectivity index (χ3n) is 3.26. The monoisotopic (exact) mass is 345 g/mol. The Labute approximate surface area is 121 Å². The van der Waals surface area contributed by atoms with Crippen LogP contribution < -0.4 is 4.72 Å². The van der Waals surface area contributed by atoms with Gasteiger partial charge in [0.1, 0.15) is 0 Å². The van der Waals surface area contributed by atoms with E-state index >= 15 is 0 Å². The summed E-state index contributed by atoms with van der Waals surface area (Å²) in [6.45, 7) is 3.87. The van der Waals surface area contributed by atoms with Gasteiger partial charge in [0.2, 0.25) is 15.9 Å². The number of nitrogens with one attached hydrogen (secondary N) is 1. The van der Waals surface area contributed by atoms with Crippen molar-refractivity contribution >= 4 is 31.9 Å². The predicted molar refractivity (Wildman–Crippen MR) is 76.9 cm³/mol. The summed E-state index contributed by atoms with van der Waals surface area (Å²) in [7, 11) is -3.63. The van der Waals surface area contributed by atoms with Crippen molar-refractivity contribution in [3.8, 4) is 0 Å². The highest BCUT2D eigenvalue weighted by molar-refractivity contribution is 9.10. The molecule has 0 aliphatic heterocycles. The van der Waals surface area contributed by atoms with E-state index in [9.17, 15) is 13.2 Å². The third-order valence-corrected chi connectivity index (χ3v) is 5.20. The molecule has 0 radical (unpaired) electrons. The van der Waals surface area contributed by atoms with Gasteiger partial charge in [-0.15, -0.1) is 0 Å². The predicted octanol–water partition coefficient (Wildman–Crippen LogP) is 2.36. The van der Waals surface area contributed by atoms with Crippen molar-refractivity contribution < 1.29 is 13.2 Å². The maximum Gasteiger partial charge on any atom is 0.239 e. The summed E-state index contributed by atoms with van der Waals surface area (Å²) in [6, 6.07) is 5.46. The standard InChI is InChI=1S/C13H16BrNO3S/c1-8-3-4-10(12(14)5-8)7-19(17,18)15-13(16)11-6-9(11)2/h3-5,9,11H,6-7H2,1-2H3,(H,15,16)/t9-,11+/m0/s1. The zero-order chi connectivity index (χ0) is 14.2. The Hall–Kier alpha value is -0.880. The van der Waals surface area contributed by atoms with Gasteiger partial charge in [-0.1, -0.05) is 35.0 Å². The molecule has 6 heteroatoms. The summed E-state index contributed by atoms with van der Waals surface area (Å²) >= 11 is 3.34. The molecular weight excluding hydrogens is 330 g/mol. The molecule has 1 aliphatic rings. The van der Waals surface area contributed by atoms with Crippen molar-refractivity contribution in [3.05, 3.63) is 33.8 Å². The van der Waals surface area contributed by atoms with Crippen molar-refractivity contribution in [1.82, 2.24) is 4.72 Å². The zero-order valence-electron chi connectivity index (χ0n) is 10.8. The van der Waals surface area contributed by atoms with E-state index in [4.69, 9.17) is 0 Å². The fraction of sp³-hybridized carbons (Fsp3) is 0.462. The number of amides is 1. The average molecular weight is 346 g/mol. The number of carbonyl (C=O) groups excluding carboxylic acids is 1.